The molecule has 3 rings (SSSR count). The van der Waals surface area contributed by atoms with Crippen molar-refractivity contribution >= 4 is 11.7 Å². The van der Waals surface area contributed by atoms with Gasteiger partial charge in [0, 0.05) is 11.7 Å². The van der Waals surface area contributed by atoms with Crippen molar-refractivity contribution in [1.29, 1.82) is 0 Å². The van der Waals surface area contributed by atoms with Gasteiger partial charge in [-0.15, -0.1) is 0 Å². The maximum Gasteiger partial charge on any atom is 0.319 e. The molecular formula is C14H18N2O. The normalized spacial score (nSPS) is 30.2. The number of urea groups is 1. The summed E-state index contributed by atoms with van der Waals surface area (Å²) in [4.78, 5) is 11.8. The minimum Gasteiger partial charge on any atom is -0.335 e. The highest BCUT2D eigenvalue weighted by molar-refractivity contribution is 5.89. The lowest BCUT2D eigenvalue weighted by atomic mass is 9.95. The Labute approximate surface area is 102 Å². The van der Waals surface area contributed by atoms with Crippen molar-refractivity contribution in [3.63, 3.8) is 0 Å². The first-order chi connectivity index (χ1) is 8.31. The molecule has 2 aliphatic carbocycles. The molecule has 2 aliphatic rings. The molecule has 0 aliphatic heterocycles. The van der Waals surface area contributed by atoms with E-state index < -0.39 is 0 Å². The summed E-state index contributed by atoms with van der Waals surface area (Å²) in [6.45, 7) is 0. The van der Waals surface area contributed by atoms with Gasteiger partial charge in [0.1, 0.15) is 0 Å². The Morgan fingerprint density at radius 1 is 1.12 bits per heavy atom. The first-order valence-corrected chi connectivity index (χ1v) is 6.44. The lowest BCUT2D eigenvalue weighted by Gasteiger charge is -2.22. The van der Waals surface area contributed by atoms with Crippen molar-refractivity contribution in [2.45, 2.75) is 31.7 Å². The molecule has 3 atom stereocenters. The van der Waals surface area contributed by atoms with E-state index in [2.05, 4.69) is 10.6 Å². The van der Waals surface area contributed by atoms with E-state index in [1.54, 1.807) is 0 Å². The number of carbonyl (C=O) groups excluding carboxylic acids is 1. The van der Waals surface area contributed by atoms with Gasteiger partial charge in [0.15, 0.2) is 0 Å². The topological polar surface area (TPSA) is 41.1 Å². The van der Waals surface area contributed by atoms with Crippen LogP contribution in [-0.2, 0) is 0 Å². The molecule has 1 aromatic carbocycles. The largest absolute Gasteiger partial charge is 0.335 e. The summed E-state index contributed by atoms with van der Waals surface area (Å²) >= 11 is 0. The van der Waals surface area contributed by atoms with E-state index in [0.717, 1.165) is 17.5 Å². The molecular weight excluding hydrogens is 212 g/mol. The van der Waals surface area contributed by atoms with Gasteiger partial charge in [0.25, 0.3) is 0 Å². The Kier molecular flexibility index (Phi) is 2.75. The zero-order valence-corrected chi connectivity index (χ0v) is 9.86. The van der Waals surface area contributed by atoms with E-state index in [0.29, 0.717) is 6.04 Å². The van der Waals surface area contributed by atoms with E-state index >= 15 is 0 Å². The molecule has 2 fully saturated rings. The molecule has 0 saturated heterocycles. The summed E-state index contributed by atoms with van der Waals surface area (Å²) < 4.78 is 0. The summed E-state index contributed by atoms with van der Waals surface area (Å²) in [7, 11) is 0. The molecule has 2 N–H and O–H groups in total. The molecule has 2 amide bonds. The highest BCUT2D eigenvalue weighted by atomic mass is 16.2. The van der Waals surface area contributed by atoms with E-state index in [4.69, 9.17) is 0 Å². The third-order valence-electron chi connectivity index (χ3n) is 4.09. The van der Waals surface area contributed by atoms with Crippen molar-refractivity contribution in [2.24, 2.45) is 11.8 Å². The molecule has 90 valence electrons. The molecule has 1 aromatic rings. The Balaban J connectivity index is 1.54. The van der Waals surface area contributed by atoms with Gasteiger partial charge in [-0.3, -0.25) is 0 Å². The quantitative estimate of drug-likeness (QED) is 0.805. The van der Waals surface area contributed by atoms with Gasteiger partial charge in [-0.2, -0.15) is 0 Å². The van der Waals surface area contributed by atoms with Crippen molar-refractivity contribution < 1.29 is 4.79 Å². The van der Waals surface area contributed by atoms with Gasteiger partial charge < -0.3 is 10.6 Å². The Hall–Kier alpha value is -1.51. The number of rotatable bonds is 2. The standard InChI is InChI=1S/C14H18N2O/c17-14(15-12-4-2-1-3-5-12)16-13-9-10-6-7-11(13)8-10/h1-5,10-11,13H,6-9H2,(H2,15,16,17)/t10-,11+,13-/m1/s1. The van der Waals surface area contributed by atoms with Crippen LogP contribution in [0.4, 0.5) is 10.5 Å². The fourth-order valence-corrected chi connectivity index (χ4v) is 3.28. The number of hydrogen-bond acceptors (Lipinski definition) is 1. The number of amides is 2. The zero-order valence-electron chi connectivity index (χ0n) is 9.86. The number of carbonyl (C=O) groups is 1. The Bertz CT molecular complexity index is 404. The molecule has 3 nitrogen and oxygen atoms in total. The lowest BCUT2D eigenvalue weighted by Crippen LogP contribution is -2.40. The summed E-state index contributed by atoms with van der Waals surface area (Å²) in [5.74, 6) is 1.59. The van der Waals surface area contributed by atoms with Crippen LogP contribution in [-0.4, -0.2) is 12.1 Å². The molecule has 2 bridgehead atoms. The van der Waals surface area contributed by atoms with Crippen molar-refractivity contribution in [2.75, 3.05) is 5.32 Å². The van der Waals surface area contributed by atoms with Crippen LogP contribution in [0.5, 0.6) is 0 Å². The Morgan fingerprint density at radius 3 is 2.59 bits per heavy atom. The summed E-state index contributed by atoms with van der Waals surface area (Å²) in [6.07, 6.45) is 5.15. The lowest BCUT2D eigenvalue weighted by molar-refractivity contribution is 0.242. The molecule has 2 saturated carbocycles. The molecule has 0 aromatic heterocycles. The number of anilines is 1. The van der Waals surface area contributed by atoms with E-state index in [-0.39, 0.29) is 6.03 Å². The molecule has 17 heavy (non-hydrogen) atoms. The number of benzene rings is 1. The second-order valence-corrected chi connectivity index (χ2v) is 5.25. The maximum absolute atomic E-state index is 11.8. The number of fused-ring (bicyclic) bond motifs is 2. The van der Waals surface area contributed by atoms with Crippen LogP contribution >= 0.6 is 0 Å². The summed E-state index contributed by atoms with van der Waals surface area (Å²) in [6, 6.07) is 9.94. The fourth-order valence-electron chi connectivity index (χ4n) is 3.28. The van der Waals surface area contributed by atoms with Crippen LogP contribution in [0.3, 0.4) is 0 Å². The predicted molar refractivity (Wildman–Crippen MR) is 67.8 cm³/mol. The average Bonchev–Trinajstić information content (AvgIpc) is 2.92. The molecule has 0 unspecified atom stereocenters. The van der Waals surface area contributed by atoms with Crippen molar-refractivity contribution in [3.05, 3.63) is 30.3 Å². The monoisotopic (exact) mass is 230 g/mol. The molecule has 0 radical (unpaired) electrons. The van der Waals surface area contributed by atoms with Gasteiger partial charge in [-0.25, -0.2) is 4.79 Å². The third-order valence-corrected chi connectivity index (χ3v) is 4.09. The predicted octanol–water partition coefficient (Wildman–Crippen LogP) is 3.00. The van der Waals surface area contributed by atoms with E-state index in [1.807, 2.05) is 30.3 Å². The fraction of sp³-hybridized carbons (Fsp3) is 0.500. The van der Waals surface area contributed by atoms with Crippen LogP contribution < -0.4 is 10.6 Å². The second kappa shape index (κ2) is 4.40. The number of hydrogen-bond donors (Lipinski definition) is 2. The Morgan fingerprint density at radius 2 is 1.94 bits per heavy atom. The first kappa shape index (κ1) is 10.6. The first-order valence-electron chi connectivity index (χ1n) is 6.44. The average molecular weight is 230 g/mol. The van der Waals surface area contributed by atoms with Gasteiger partial charge in [-0.05, 0) is 43.2 Å². The highest BCUT2D eigenvalue weighted by Gasteiger charge is 2.40. The zero-order chi connectivity index (χ0) is 11.7. The second-order valence-electron chi connectivity index (χ2n) is 5.25. The van der Waals surface area contributed by atoms with Gasteiger partial charge in [0.05, 0.1) is 0 Å². The summed E-state index contributed by atoms with van der Waals surface area (Å²) in [5, 5.41) is 5.99. The van der Waals surface area contributed by atoms with Crippen LogP contribution in [0, 0.1) is 11.8 Å². The van der Waals surface area contributed by atoms with Crippen LogP contribution in [0.25, 0.3) is 0 Å². The van der Waals surface area contributed by atoms with E-state index in [1.165, 1.54) is 25.7 Å². The van der Waals surface area contributed by atoms with Gasteiger partial charge in [-0.1, -0.05) is 24.6 Å². The number of nitrogens with one attached hydrogen (secondary N) is 2. The molecule has 0 heterocycles. The van der Waals surface area contributed by atoms with Crippen molar-refractivity contribution in [3.8, 4) is 0 Å². The molecule has 3 heteroatoms. The highest BCUT2D eigenvalue weighted by Crippen LogP contribution is 2.44. The summed E-state index contributed by atoms with van der Waals surface area (Å²) in [5.41, 5.74) is 0.855. The SMILES string of the molecule is O=C(Nc1ccccc1)N[C@@H]1C[C@@H]2CC[C@H]1C2. The van der Waals surface area contributed by atoms with Crippen LogP contribution in [0.15, 0.2) is 30.3 Å². The van der Waals surface area contributed by atoms with Gasteiger partial charge in [0.2, 0.25) is 0 Å². The van der Waals surface area contributed by atoms with Crippen molar-refractivity contribution in [1.82, 2.24) is 5.32 Å². The van der Waals surface area contributed by atoms with Gasteiger partial charge >= 0.3 is 6.03 Å². The minimum atomic E-state index is -0.0613. The van der Waals surface area contributed by atoms with E-state index in [9.17, 15) is 4.79 Å². The minimum absolute atomic E-state index is 0.0613. The maximum atomic E-state index is 11.8. The smallest absolute Gasteiger partial charge is 0.319 e. The molecule has 0 spiro atoms. The van der Waals surface area contributed by atoms with Crippen LogP contribution in [0.2, 0.25) is 0 Å². The van der Waals surface area contributed by atoms with Crippen LogP contribution in [0.1, 0.15) is 25.7 Å². The number of para-hydroxylation sites is 1. The third kappa shape index (κ3) is 2.28.